The summed E-state index contributed by atoms with van der Waals surface area (Å²) in [4.78, 5) is 16.3. The fourth-order valence-electron chi connectivity index (χ4n) is 3.34. The molecule has 3 rings (SSSR count). The maximum atomic E-state index is 14.0. The van der Waals surface area contributed by atoms with E-state index in [2.05, 4.69) is 41.0 Å². The van der Waals surface area contributed by atoms with E-state index < -0.39 is 5.82 Å². The molecule has 4 heteroatoms. The van der Waals surface area contributed by atoms with Gasteiger partial charge in [-0.15, -0.1) is 0 Å². The number of ketones is 1. The molecule has 0 aromatic heterocycles. The zero-order valence-electron chi connectivity index (χ0n) is 14.3. The molecule has 1 saturated heterocycles. The normalized spacial score (nSPS) is 15.5. The van der Waals surface area contributed by atoms with Gasteiger partial charge in [0.1, 0.15) is 5.82 Å². The van der Waals surface area contributed by atoms with Gasteiger partial charge in [-0.3, -0.25) is 9.69 Å². The van der Waals surface area contributed by atoms with Crippen molar-refractivity contribution in [3.8, 4) is 0 Å². The predicted molar refractivity (Wildman–Crippen MR) is 95.1 cm³/mol. The molecular weight excluding hydrogens is 303 g/mol. The lowest BCUT2D eigenvalue weighted by atomic mass is 10.1. The second-order valence-electron chi connectivity index (χ2n) is 6.44. The zero-order chi connectivity index (χ0) is 17.1. The number of halogens is 1. The lowest BCUT2D eigenvalue weighted by Crippen LogP contribution is -2.46. The molecule has 2 aromatic rings. The number of anilines is 1. The summed E-state index contributed by atoms with van der Waals surface area (Å²) in [6, 6.07) is 13.4. The first kappa shape index (κ1) is 16.7. The average Bonchev–Trinajstić information content (AvgIpc) is 2.55. The third kappa shape index (κ3) is 3.65. The quantitative estimate of drug-likeness (QED) is 0.801. The molecule has 0 unspecified atom stereocenters. The topological polar surface area (TPSA) is 23.6 Å². The summed E-state index contributed by atoms with van der Waals surface area (Å²) in [5.74, 6) is -0.646. The van der Waals surface area contributed by atoms with Gasteiger partial charge in [-0.05, 0) is 31.5 Å². The highest BCUT2D eigenvalue weighted by atomic mass is 19.1. The van der Waals surface area contributed by atoms with Crippen molar-refractivity contribution in [2.75, 3.05) is 31.1 Å². The van der Waals surface area contributed by atoms with E-state index in [1.54, 1.807) is 6.07 Å². The molecule has 1 fully saturated rings. The molecule has 0 saturated carbocycles. The molecule has 1 aliphatic rings. The number of piperazine rings is 1. The average molecular weight is 326 g/mol. The van der Waals surface area contributed by atoms with Crippen molar-refractivity contribution in [1.29, 1.82) is 0 Å². The Labute approximate surface area is 142 Å². The smallest absolute Gasteiger partial charge is 0.164 e. The molecule has 0 radical (unpaired) electrons. The fraction of sp³-hybridized carbons (Fsp3) is 0.350. The lowest BCUT2D eigenvalue weighted by molar-refractivity contribution is 0.101. The molecule has 126 valence electrons. The summed E-state index contributed by atoms with van der Waals surface area (Å²) in [6.45, 7) is 7.87. The van der Waals surface area contributed by atoms with Crippen LogP contribution in [0.15, 0.2) is 42.5 Å². The Morgan fingerprint density at radius 2 is 1.79 bits per heavy atom. The Bertz CT molecular complexity index is 736. The van der Waals surface area contributed by atoms with E-state index in [4.69, 9.17) is 0 Å². The zero-order valence-corrected chi connectivity index (χ0v) is 14.3. The van der Waals surface area contributed by atoms with Crippen LogP contribution in [0.25, 0.3) is 0 Å². The molecule has 0 aliphatic carbocycles. The van der Waals surface area contributed by atoms with Gasteiger partial charge < -0.3 is 4.90 Å². The minimum atomic E-state index is -0.429. The Morgan fingerprint density at radius 1 is 1.08 bits per heavy atom. The third-order valence-corrected chi connectivity index (χ3v) is 4.55. The van der Waals surface area contributed by atoms with Gasteiger partial charge in [0.2, 0.25) is 0 Å². The van der Waals surface area contributed by atoms with Gasteiger partial charge in [-0.1, -0.05) is 35.9 Å². The number of nitrogens with zero attached hydrogens (tertiary/aromatic N) is 2. The van der Waals surface area contributed by atoms with Crippen LogP contribution in [0.3, 0.4) is 0 Å². The van der Waals surface area contributed by atoms with E-state index in [-0.39, 0.29) is 11.3 Å². The summed E-state index contributed by atoms with van der Waals surface area (Å²) in [5, 5.41) is 0. The van der Waals surface area contributed by atoms with Gasteiger partial charge in [0.05, 0.1) is 11.3 Å². The van der Waals surface area contributed by atoms with Crippen LogP contribution < -0.4 is 4.90 Å². The summed E-state index contributed by atoms with van der Waals surface area (Å²) in [7, 11) is 0. The fourth-order valence-corrected chi connectivity index (χ4v) is 3.34. The van der Waals surface area contributed by atoms with Gasteiger partial charge in [-0.2, -0.15) is 0 Å². The maximum Gasteiger partial charge on any atom is 0.164 e. The van der Waals surface area contributed by atoms with Crippen LogP contribution in [0, 0.1) is 12.7 Å². The summed E-state index contributed by atoms with van der Waals surface area (Å²) in [6.07, 6.45) is 0. The summed E-state index contributed by atoms with van der Waals surface area (Å²) >= 11 is 0. The van der Waals surface area contributed by atoms with Gasteiger partial charge in [0, 0.05) is 32.7 Å². The van der Waals surface area contributed by atoms with Crippen molar-refractivity contribution >= 4 is 11.5 Å². The Hall–Kier alpha value is -2.20. The highest BCUT2D eigenvalue weighted by Crippen LogP contribution is 2.25. The maximum absolute atomic E-state index is 14.0. The number of carbonyl (C=O) groups is 1. The largest absolute Gasteiger partial charge is 0.368 e. The molecule has 24 heavy (non-hydrogen) atoms. The minimum Gasteiger partial charge on any atom is -0.368 e. The van der Waals surface area contributed by atoms with E-state index in [9.17, 15) is 9.18 Å². The molecule has 1 heterocycles. The van der Waals surface area contributed by atoms with Crippen LogP contribution in [0.1, 0.15) is 28.4 Å². The summed E-state index contributed by atoms with van der Waals surface area (Å²) < 4.78 is 14.0. The van der Waals surface area contributed by atoms with E-state index in [1.165, 1.54) is 24.1 Å². The number of aryl methyl sites for hydroxylation is 1. The Kier molecular flexibility index (Phi) is 4.95. The van der Waals surface area contributed by atoms with E-state index in [0.717, 1.165) is 38.4 Å². The summed E-state index contributed by atoms with van der Waals surface area (Å²) in [5.41, 5.74) is 3.53. The van der Waals surface area contributed by atoms with Crippen LogP contribution in [-0.2, 0) is 6.54 Å². The molecule has 0 amide bonds. The van der Waals surface area contributed by atoms with Gasteiger partial charge in [-0.25, -0.2) is 4.39 Å². The SMILES string of the molecule is CC(=O)c1c(F)cccc1N1CCN(Cc2cccc(C)c2)CC1. The predicted octanol–water partition coefficient (Wildman–Crippen LogP) is 3.66. The standard InChI is InChI=1S/C20H23FN2O/c1-15-5-3-6-17(13-15)14-22-9-11-23(12-10-22)19-8-4-7-18(21)20(19)16(2)24/h3-8,13H,9-12,14H2,1-2H3. The molecular formula is C20H23FN2O. The molecule has 0 spiro atoms. The molecule has 3 nitrogen and oxygen atoms in total. The van der Waals surface area contributed by atoms with E-state index in [0.29, 0.717) is 0 Å². The number of Topliss-reactive ketones (excluding diaryl/α,β-unsaturated/α-hetero) is 1. The Balaban J connectivity index is 1.67. The first-order chi connectivity index (χ1) is 11.5. The second-order valence-corrected chi connectivity index (χ2v) is 6.44. The van der Waals surface area contributed by atoms with Crippen LogP contribution in [-0.4, -0.2) is 36.9 Å². The highest BCUT2D eigenvalue weighted by Gasteiger charge is 2.22. The minimum absolute atomic E-state index is 0.213. The second kappa shape index (κ2) is 7.14. The van der Waals surface area contributed by atoms with Crippen molar-refractivity contribution in [3.63, 3.8) is 0 Å². The van der Waals surface area contributed by atoms with Crippen molar-refractivity contribution in [1.82, 2.24) is 4.90 Å². The van der Waals surface area contributed by atoms with Crippen molar-refractivity contribution in [2.45, 2.75) is 20.4 Å². The van der Waals surface area contributed by atoms with Crippen molar-refractivity contribution in [3.05, 3.63) is 65.0 Å². The number of carbonyl (C=O) groups excluding carboxylic acids is 1. The lowest BCUT2D eigenvalue weighted by Gasteiger charge is -2.37. The number of hydrogen-bond acceptors (Lipinski definition) is 3. The van der Waals surface area contributed by atoms with Gasteiger partial charge in [0.15, 0.2) is 5.78 Å². The molecule has 0 atom stereocenters. The van der Waals surface area contributed by atoms with Crippen LogP contribution in [0.2, 0.25) is 0 Å². The molecule has 0 N–H and O–H groups in total. The third-order valence-electron chi connectivity index (χ3n) is 4.55. The molecule has 2 aromatic carbocycles. The van der Waals surface area contributed by atoms with E-state index >= 15 is 0 Å². The Morgan fingerprint density at radius 3 is 2.46 bits per heavy atom. The van der Waals surface area contributed by atoms with Crippen LogP contribution in [0.5, 0.6) is 0 Å². The van der Waals surface area contributed by atoms with Crippen molar-refractivity contribution < 1.29 is 9.18 Å². The number of benzene rings is 2. The van der Waals surface area contributed by atoms with Crippen LogP contribution in [0.4, 0.5) is 10.1 Å². The number of hydrogen-bond donors (Lipinski definition) is 0. The van der Waals surface area contributed by atoms with Crippen molar-refractivity contribution in [2.24, 2.45) is 0 Å². The van der Waals surface area contributed by atoms with Gasteiger partial charge in [0.25, 0.3) is 0 Å². The first-order valence-corrected chi connectivity index (χ1v) is 8.37. The van der Waals surface area contributed by atoms with Gasteiger partial charge >= 0.3 is 0 Å². The highest BCUT2D eigenvalue weighted by molar-refractivity contribution is 6.00. The number of rotatable bonds is 4. The monoisotopic (exact) mass is 326 g/mol. The molecule has 1 aliphatic heterocycles. The van der Waals surface area contributed by atoms with E-state index in [1.807, 2.05) is 6.07 Å². The molecule has 0 bridgehead atoms. The first-order valence-electron chi connectivity index (χ1n) is 8.37. The van der Waals surface area contributed by atoms with Crippen LogP contribution >= 0.6 is 0 Å².